The molecule has 100 valence electrons. The first-order chi connectivity index (χ1) is 9.42. The molecule has 1 fully saturated rings. The van der Waals surface area contributed by atoms with Gasteiger partial charge in [0.05, 0.1) is 12.7 Å². The Morgan fingerprint density at radius 2 is 2.16 bits per heavy atom. The fraction of sp³-hybridized carbons (Fsp3) is 0.375. The van der Waals surface area contributed by atoms with Gasteiger partial charge in [-0.2, -0.15) is 0 Å². The number of allylic oxidation sites excluding steroid dienone is 2. The van der Waals surface area contributed by atoms with Gasteiger partial charge in [0.25, 0.3) is 0 Å². The monoisotopic (exact) mass is 256 g/mol. The SMILES string of the molecule is C1=CNCC(CN2CCO[C@@H](c3ccccc3)C2)=C1. The molecular weight excluding hydrogens is 236 g/mol. The summed E-state index contributed by atoms with van der Waals surface area (Å²) in [7, 11) is 0. The van der Waals surface area contributed by atoms with Gasteiger partial charge in [-0.25, -0.2) is 0 Å². The number of nitrogens with zero attached hydrogens (tertiary/aromatic N) is 1. The average molecular weight is 256 g/mol. The highest BCUT2D eigenvalue weighted by Crippen LogP contribution is 2.22. The molecule has 1 atom stereocenters. The van der Waals surface area contributed by atoms with Crippen molar-refractivity contribution in [2.24, 2.45) is 0 Å². The zero-order valence-electron chi connectivity index (χ0n) is 11.1. The molecule has 3 rings (SSSR count). The molecule has 0 amide bonds. The van der Waals surface area contributed by atoms with Crippen molar-refractivity contribution in [1.82, 2.24) is 10.2 Å². The fourth-order valence-corrected chi connectivity index (χ4v) is 2.61. The van der Waals surface area contributed by atoms with Crippen LogP contribution in [-0.4, -0.2) is 37.7 Å². The first kappa shape index (κ1) is 12.5. The Morgan fingerprint density at radius 1 is 1.26 bits per heavy atom. The summed E-state index contributed by atoms with van der Waals surface area (Å²) in [4.78, 5) is 2.48. The Bertz CT molecular complexity index is 467. The van der Waals surface area contributed by atoms with E-state index in [4.69, 9.17) is 4.74 Å². The molecule has 2 heterocycles. The van der Waals surface area contributed by atoms with Crippen molar-refractivity contribution in [2.45, 2.75) is 6.10 Å². The second-order valence-electron chi connectivity index (χ2n) is 5.07. The zero-order chi connectivity index (χ0) is 12.9. The molecule has 19 heavy (non-hydrogen) atoms. The van der Waals surface area contributed by atoms with Crippen LogP contribution in [0.1, 0.15) is 11.7 Å². The van der Waals surface area contributed by atoms with E-state index in [0.717, 1.165) is 32.8 Å². The third-order valence-corrected chi connectivity index (χ3v) is 3.62. The van der Waals surface area contributed by atoms with E-state index in [1.807, 2.05) is 6.20 Å². The first-order valence-electron chi connectivity index (χ1n) is 6.89. The van der Waals surface area contributed by atoms with Crippen molar-refractivity contribution in [3.05, 3.63) is 59.8 Å². The van der Waals surface area contributed by atoms with E-state index in [-0.39, 0.29) is 6.10 Å². The lowest BCUT2D eigenvalue weighted by molar-refractivity contribution is -0.0269. The molecule has 1 aromatic rings. The predicted octanol–water partition coefficient (Wildman–Crippen LogP) is 2.10. The number of hydrogen-bond donors (Lipinski definition) is 1. The van der Waals surface area contributed by atoms with E-state index in [2.05, 4.69) is 52.7 Å². The van der Waals surface area contributed by atoms with Gasteiger partial charge in [-0.05, 0) is 23.4 Å². The molecule has 0 radical (unpaired) electrons. The third-order valence-electron chi connectivity index (χ3n) is 3.62. The van der Waals surface area contributed by atoms with E-state index >= 15 is 0 Å². The summed E-state index contributed by atoms with van der Waals surface area (Å²) in [6.07, 6.45) is 6.50. The highest BCUT2D eigenvalue weighted by molar-refractivity contribution is 5.21. The van der Waals surface area contributed by atoms with E-state index < -0.39 is 0 Å². The molecule has 1 saturated heterocycles. The summed E-state index contributed by atoms with van der Waals surface area (Å²) in [5.74, 6) is 0. The highest BCUT2D eigenvalue weighted by Gasteiger charge is 2.22. The minimum absolute atomic E-state index is 0.211. The molecule has 3 heteroatoms. The second kappa shape index (κ2) is 6.04. The molecule has 0 spiro atoms. The van der Waals surface area contributed by atoms with Gasteiger partial charge in [0.15, 0.2) is 0 Å². The maximum atomic E-state index is 5.89. The molecule has 1 aromatic carbocycles. The van der Waals surface area contributed by atoms with Gasteiger partial charge in [0.2, 0.25) is 0 Å². The normalized spacial score (nSPS) is 23.8. The minimum atomic E-state index is 0.211. The Kier molecular flexibility index (Phi) is 3.96. The van der Waals surface area contributed by atoms with Crippen molar-refractivity contribution in [2.75, 3.05) is 32.8 Å². The molecule has 3 nitrogen and oxygen atoms in total. The minimum Gasteiger partial charge on any atom is -0.387 e. The van der Waals surface area contributed by atoms with Gasteiger partial charge >= 0.3 is 0 Å². The van der Waals surface area contributed by atoms with Crippen LogP contribution in [0.15, 0.2) is 54.3 Å². The number of hydrogen-bond acceptors (Lipinski definition) is 3. The van der Waals surface area contributed by atoms with Gasteiger partial charge in [0.1, 0.15) is 0 Å². The van der Waals surface area contributed by atoms with Crippen molar-refractivity contribution < 1.29 is 4.74 Å². The average Bonchev–Trinajstić information content (AvgIpc) is 2.49. The Morgan fingerprint density at radius 3 is 2.95 bits per heavy atom. The molecular formula is C16H20N2O. The van der Waals surface area contributed by atoms with Crippen LogP contribution in [0.25, 0.3) is 0 Å². The number of nitrogens with one attached hydrogen (secondary N) is 1. The number of rotatable bonds is 3. The summed E-state index contributed by atoms with van der Waals surface area (Å²) >= 11 is 0. The summed E-state index contributed by atoms with van der Waals surface area (Å²) in [5.41, 5.74) is 2.72. The third kappa shape index (κ3) is 3.25. The number of dihydropyridines is 1. The Balaban J connectivity index is 1.62. The first-order valence-corrected chi connectivity index (χ1v) is 6.89. The smallest absolute Gasteiger partial charge is 0.0952 e. The van der Waals surface area contributed by atoms with Crippen LogP contribution < -0.4 is 5.32 Å². The Labute approximate surface area is 114 Å². The largest absolute Gasteiger partial charge is 0.387 e. The van der Waals surface area contributed by atoms with Crippen molar-refractivity contribution in [1.29, 1.82) is 0 Å². The summed E-state index contributed by atoms with van der Waals surface area (Å²) in [6, 6.07) is 10.5. The van der Waals surface area contributed by atoms with Gasteiger partial charge in [-0.1, -0.05) is 36.4 Å². The lowest BCUT2D eigenvalue weighted by atomic mass is 10.1. The maximum Gasteiger partial charge on any atom is 0.0952 e. The van der Waals surface area contributed by atoms with Gasteiger partial charge in [-0.15, -0.1) is 0 Å². The van der Waals surface area contributed by atoms with Crippen molar-refractivity contribution >= 4 is 0 Å². The predicted molar refractivity (Wildman–Crippen MR) is 76.8 cm³/mol. The maximum absolute atomic E-state index is 5.89. The molecule has 0 aromatic heterocycles. The molecule has 2 aliphatic rings. The molecule has 2 aliphatic heterocycles. The lowest BCUT2D eigenvalue weighted by Gasteiger charge is -2.34. The number of benzene rings is 1. The van der Waals surface area contributed by atoms with E-state index in [1.54, 1.807) is 0 Å². The highest BCUT2D eigenvalue weighted by atomic mass is 16.5. The molecule has 1 N–H and O–H groups in total. The second-order valence-corrected chi connectivity index (χ2v) is 5.07. The van der Waals surface area contributed by atoms with E-state index in [1.165, 1.54) is 11.1 Å². The van der Waals surface area contributed by atoms with Crippen molar-refractivity contribution in [3.63, 3.8) is 0 Å². The quantitative estimate of drug-likeness (QED) is 0.896. The van der Waals surface area contributed by atoms with Crippen LogP contribution in [0, 0.1) is 0 Å². The fourth-order valence-electron chi connectivity index (χ4n) is 2.61. The topological polar surface area (TPSA) is 24.5 Å². The van der Waals surface area contributed by atoms with Crippen LogP contribution in [-0.2, 0) is 4.74 Å². The lowest BCUT2D eigenvalue weighted by Crippen LogP contribution is -2.40. The number of morpholine rings is 1. The zero-order valence-corrected chi connectivity index (χ0v) is 11.1. The van der Waals surface area contributed by atoms with Crippen molar-refractivity contribution in [3.8, 4) is 0 Å². The van der Waals surface area contributed by atoms with Gasteiger partial charge < -0.3 is 10.1 Å². The van der Waals surface area contributed by atoms with E-state index in [0.29, 0.717) is 0 Å². The molecule has 0 bridgehead atoms. The van der Waals surface area contributed by atoms with Gasteiger partial charge in [-0.3, -0.25) is 4.90 Å². The summed E-state index contributed by atoms with van der Waals surface area (Å²) in [5, 5.41) is 3.26. The van der Waals surface area contributed by atoms with Crippen LogP contribution in [0.3, 0.4) is 0 Å². The molecule has 0 saturated carbocycles. The standard InChI is InChI=1S/C16H20N2O/c1-2-6-15(7-3-1)16-13-18(9-10-19-16)12-14-5-4-8-17-11-14/h1-8,16-17H,9-13H2/t16-/m1/s1. The number of ether oxygens (including phenoxy) is 1. The van der Waals surface area contributed by atoms with E-state index in [9.17, 15) is 0 Å². The molecule has 0 unspecified atom stereocenters. The molecule has 0 aliphatic carbocycles. The van der Waals surface area contributed by atoms with Crippen LogP contribution in [0.5, 0.6) is 0 Å². The van der Waals surface area contributed by atoms with Crippen LogP contribution in [0.2, 0.25) is 0 Å². The Hall–Kier alpha value is -1.58. The summed E-state index contributed by atoms with van der Waals surface area (Å²) in [6.45, 7) is 4.81. The summed E-state index contributed by atoms with van der Waals surface area (Å²) < 4.78 is 5.89. The van der Waals surface area contributed by atoms with Crippen LogP contribution >= 0.6 is 0 Å². The van der Waals surface area contributed by atoms with Crippen LogP contribution in [0.4, 0.5) is 0 Å². The van der Waals surface area contributed by atoms with Gasteiger partial charge in [0, 0.05) is 26.2 Å².